The van der Waals surface area contributed by atoms with Crippen LogP contribution in [0.2, 0.25) is 0 Å². The second kappa shape index (κ2) is 17.6. The summed E-state index contributed by atoms with van der Waals surface area (Å²) in [6.07, 6.45) is 18.0. The van der Waals surface area contributed by atoms with E-state index in [1.165, 1.54) is 57.4 Å². The molecule has 1 aromatic carbocycles. The average molecular weight is 655 g/mol. The number of hydrogen-bond donors (Lipinski definition) is 2. The zero-order valence-electron chi connectivity index (χ0n) is 26.5. The largest absolute Gasteiger partial charge is 0.516 e. The number of ether oxygens (including phenoxy) is 1. The van der Waals surface area contributed by atoms with Crippen LogP contribution in [0.4, 0.5) is 4.39 Å². The molecule has 230 valence electrons. The van der Waals surface area contributed by atoms with Crippen LogP contribution in [0.1, 0.15) is 88.0 Å². The van der Waals surface area contributed by atoms with Crippen molar-refractivity contribution in [2.45, 2.75) is 65.2 Å². The van der Waals surface area contributed by atoms with Gasteiger partial charge in [-0.25, -0.2) is 9.97 Å². The molecule has 3 aromatic heterocycles. The number of fused-ring (bicyclic) bond motifs is 8. The van der Waals surface area contributed by atoms with Gasteiger partial charge in [0, 0.05) is 53.1 Å². The molecule has 1 atom stereocenters. The second-order valence-electron chi connectivity index (χ2n) is 11.4. The monoisotopic (exact) mass is 653 g/mol. The Bertz CT molecular complexity index is 1650. The van der Waals surface area contributed by atoms with Gasteiger partial charge < -0.3 is 14.7 Å². The quantitative estimate of drug-likeness (QED) is 0.0830. The molecule has 0 fully saturated rings. The van der Waals surface area contributed by atoms with E-state index in [1.54, 1.807) is 12.1 Å². The average Bonchev–Trinajstić information content (AvgIpc) is 3.84. The van der Waals surface area contributed by atoms with Crippen LogP contribution >= 0.6 is 0 Å². The van der Waals surface area contributed by atoms with Gasteiger partial charge in [-0.15, -0.1) is 12.1 Å². The summed E-state index contributed by atoms with van der Waals surface area (Å²) >= 11 is 0. The molecule has 0 spiro atoms. The molecule has 0 saturated carbocycles. The Morgan fingerprint density at radius 2 is 1.22 bits per heavy atom. The van der Waals surface area contributed by atoms with Gasteiger partial charge in [0.15, 0.2) is 0 Å². The van der Waals surface area contributed by atoms with E-state index in [1.807, 2.05) is 42.5 Å². The van der Waals surface area contributed by atoms with Crippen LogP contribution in [-0.4, -0.2) is 26.5 Å². The predicted octanol–water partition coefficient (Wildman–Crippen LogP) is 10.4. The minimum atomic E-state index is -0.312. The van der Waals surface area contributed by atoms with Gasteiger partial charge in [0.25, 0.3) is 0 Å². The standard InChI is InChI=1S/C20H14N4.C18H28FO.Zn/c1-2-14-10-16-5-6-18(23-16)12-20-8-7-19(24-20)11-17-4-3-15(22-17)9-13(1)21-14;1-3-5-7-8-12-16(11-6-4-2)15-20-18-14-10-9-13-17(18)19;/h1-12,21-22H;10,13-14,16H,3-8,11-12,15H2,1-2H3;/q;-1;. The second-order valence-corrected chi connectivity index (χ2v) is 11.4. The van der Waals surface area contributed by atoms with Crippen LogP contribution in [0.3, 0.4) is 0 Å². The number of unbranched alkanes of at least 4 members (excludes halogenated alkanes) is 4. The van der Waals surface area contributed by atoms with Crippen LogP contribution in [-0.2, 0) is 19.5 Å². The third-order valence-electron chi connectivity index (χ3n) is 7.72. The molecule has 0 saturated heterocycles. The zero-order valence-corrected chi connectivity index (χ0v) is 29.5. The smallest absolute Gasteiger partial charge is 0.0880 e. The van der Waals surface area contributed by atoms with Gasteiger partial charge in [-0.3, -0.25) is 4.39 Å². The topological polar surface area (TPSA) is 66.6 Å². The third-order valence-corrected chi connectivity index (χ3v) is 7.72. The van der Waals surface area contributed by atoms with Crippen LogP contribution in [0.25, 0.3) is 46.4 Å². The summed E-state index contributed by atoms with van der Waals surface area (Å²) in [5.41, 5.74) is 7.86. The summed E-state index contributed by atoms with van der Waals surface area (Å²) < 4.78 is 19.1. The van der Waals surface area contributed by atoms with Crippen molar-refractivity contribution in [2.75, 3.05) is 6.61 Å². The summed E-state index contributed by atoms with van der Waals surface area (Å²) in [4.78, 5) is 16.0. The molecule has 2 aliphatic heterocycles. The van der Waals surface area contributed by atoms with E-state index in [0.717, 1.165) is 44.8 Å². The number of aromatic nitrogens is 4. The fourth-order valence-electron chi connectivity index (χ4n) is 5.33. The maximum atomic E-state index is 13.5. The molecule has 0 aliphatic carbocycles. The van der Waals surface area contributed by atoms with Gasteiger partial charge in [0.1, 0.15) is 0 Å². The van der Waals surface area contributed by atoms with E-state index in [2.05, 4.69) is 70.2 Å². The van der Waals surface area contributed by atoms with Gasteiger partial charge in [-0.05, 0) is 91.6 Å². The summed E-state index contributed by atoms with van der Waals surface area (Å²) in [6.45, 7) is 5.07. The molecule has 2 N–H and O–H groups in total. The molecule has 7 heteroatoms. The first-order chi connectivity index (χ1) is 21.6. The summed E-state index contributed by atoms with van der Waals surface area (Å²) in [5, 5.41) is 0. The fourth-order valence-corrected chi connectivity index (χ4v) is 5.33. The van der Waals surface area contributed by atoms with Crippen LogP contribution < -0.4 is 4.74 Å². The maximum Gasteiger partial charge on any atom is 0.0880 e. The number of nitrogens with zero attached hydrogens (tertiary/aromatic N) is 2. The number of benzene rings is 1. The molecular weight excluding hydrogens is 613 g/mol. The molecule has 0 amide bonds. The third kappa shape index (κ3) is 10.6. The Balaban J connectivity index is 0.000000205. The number of aromatic amines is 2. The first-order valence-corrected chi connectivity index (χ1v) is 15.9. The Morgan fingerprint density at radius 3 is 1.78 bits per heavy atom. The fraction of sp³-hybridized carbons (Fsp3) is 0.316. The minimum Gasteiger partial charge on any atom is -0.516 e. The first kappa shape index (κ1) is 34.1. The van der Waals surface area contributed by atoms with Crippen molar-refractivity contribution in [1.82, 2.24) is 19.9 Å². The molecule has 2 aliphatic rings. The number of nitrogens with one attached hydrogen (secondary N) is 2. The molecule has 5 heterocycles. The normalized spacial score (nSPS) is 12.2. The van der Waals surface area contributed by atoms with E-state index in [4.69, 9.17) is 4.74 Å². The van der Waals surface area contributed by atoms with Crippen molar-refractivity contribution in [3.63, 3.8) is 0 Å². The van der Waals surface area contributed by atoms with Crippen molar-refractivity contribution in [1.29, 1.82) is 0 Å². The number of hydrogen-bond acceptors (Lipinski definition) is 3. The van der Waals surface area contributed by atoms with E-state index in [9.17, 15) is 4.39 Å². The molecule has 6 rings (SSSR count). The molecule has 1 unspecified atom stereocenters. The van der Waals surface area contributed by atoms with Crippen LogP contribution in [0.15, 0.2) is 66.7 Å². The van der Waals surface area contributed by atoms with E-state index >= 15 is 0 Å². The zero-order chi connectivity index (χ0) is 30.6. The van der Waals surface area contributed by atoms with Crippen molar-refractivity contribution in [3.05, 3.63) is 101 Å². The van der Waals surface area contributed by atoms with Crippen LogP contribution in [0.5, 0.6) is 5.75 Å². The van der Waals surface area contributed by atoms with Gasteiger partial charge in [-0.2, -0.15) is 12.1 Å². The Morgan fingerprint density at radius 1 is 0.689 bits per heavy atom. The molecule has 0 radical (unpaired) electrons. The van der Waals surface area contributed by atoms with Crippen molar-refractivity contribution in [3.8, 4) is 5.75 Å². The predicted molar refractivity (Wildman–Crippen MR) is 181 cm³/mol. The van der Waals surface area contributed by atoms with Crippen molar-refractivity contribution < 1.29 is 28.6 Å². The number of H-pyrrole nitrogens is 2. The molecule has 45 heavy (non-hydrogen) atoms. The summed E-state index contributed by atoms with van der Waals surface area (Å²) in [5.74, 6) is 0.599. The van der Waals surface area contributed by atoms with Gasteiger partial charge >= 0.3 is 0 Å². The van der Waals surface area contributed by atoms with E-state index < -0.39 is 0 Å². The Kier molecular flexibility index (Phi) is 13.3. The summed E-state index contributed by atoms with van der Waals surface area (Å²) in [7, 11) is 0. The molecular formula is C38H42FN4OZn-. The first-order valence-electron chi connectivity index (χ1n) is 15.9. The van der Waals surface area contributed by atoms with Gasteiger partial charge in [0.05, 0.1) is 29.4 Å². The molecule has 4 aromatic rings. The van der Waals surface area contributed by atoms with Gasteiger partial charge in [0.2, 0.25) is 0 Å². The van der Waals surface area contributed by atoms with Gasteiger partial charge in [-0.1, -0.05) is 52.4 Å². The minimum absolute atomic E-state index is 0. The van der Waals surface area contributed by atoms with Crippen molar-refractivity contribution in [2.24, 2.45) is 5.92 Å². The maximum absolute atomic E-state index is 13.5. The molecule has 8 bridgehead atoms. The summed E-state index contributed by atoms with van der Waals surface area (Å²) in [6, 6.07) is 23.8. The van der Waals surface area contributed by atoms with E-state index in [-0.39, 0.29) is 25.3 Å². The number of halogens is 1. The number of rotatable bonds is 11. The Labute approximate surface area is 278 Å². The van der Waals surface area contributed by atoms with Crippen LogP contribution in [0, 0.1) is 17.8 Å². The molecule has 5 nitrogen and oxygen atoms in total. The van der Waals surface area contributed by atoms with E-state index in [0.29, 0.717) is 18.3 Å². The SMILES string of the molecule is C1=Cc2cc3ccc(cc4ccc(cc5nc(cc1n2)C=C5)[nH]4)[nH]3.CCCCCCC(CCCC)COc1cc[c-]cc1F.[Zn]. The van der Waals surface area contributed by atoms with Crippen molar-refractivity contribution >= 4 is 46.4 Å². The Hall–Kier alpha value is -3.83.